The highest BCUT2D eigenvalue weighted by atomic mass is 32.2. The summed E-state index contributed by atoms with van der Waals surface area (Å²) in [6, 6.07) is 3.47. The second kappa shape index (κ2) is 6.54. The third-order valence-corrected chi connectivity index (χ3v) is 5.01. The Labute approximate surface area is 123 Å². The Morgan fingerprint density at radius 1 is 1.52 bits per heavy atom. The first-order chi connectivity index (χ1) is 9.95. The van der Waals surface area contributed by atoms with Crippen LogP contribution in [0.5, 0.6) is 0 Å². The van der Waals surface area contributed by atoms with E-state index < -0.39 is 15.8 Å². The Balaban J connectivity index is 2.44. The van der Waals surface area contributed by atoms with Crippen LogP contribution in [-0.4, -0.2) is 45.1 Å². The summed E-state index contributed by atoms with van der Waals surface area (Å²) in [5, 5.41) is 0. The van der Waals surface area contributed by atoms with Crippen LogP contribution in [0.4, 0.5) is 4.39 Å². The summed E-state index contributed by atoms with van der Waals surface area (Å²) in [4.78, 5) is -0.000972. The first kappa shape index (κ1) is 15.9. The molecule has 1 atom stereocenters. The molecule has 0 radical (unpaired) electrons. The highest BCUT2D eigenvalue weighted by Gasteiger charge is 2.30. The summed E-state index contributed by atoms with van der Waals surface area (Å²) in [7, 11) is -3.73. The molecule has 1 saturated heterocycles. The van der Waals surface area contributed by atoms with Crippen molar-refractivity contribution in [2.24, 2.45) is 5.73 Å². The average Bonchev–Trinajstić information content (AvgIpc) is 2.45. The molecule has 5 nitrogen and oxygen atoms in total. The van der Waals surface area contributed by atoms with Gasteiger partial charge in [-0.25, -0.2) is 12.8 Å². The molecule has 1 aliphatic heterocycles. The van der Waals surface area contributed by atoms with Gasteiger partial charge in [0.1, 0.15) is 5.82 Å². The number of nitrogens with two attached hydrogens (primary N) is 1. The van der Waals surface area contributed by atoms with Crippen molar-refractivity contribution in [2.75, 3.05) is 26.2 Å². The molecule has 2 N–H and O–H groups in total. The molecular formula is C14H17FN2O3S. The highest BCUT2D eigenvalue weighted by molar-refractivity contribution is 7.89. The maximum Gasteiger partial charge on any atom is 0.244 e. The number of hydrogen-bond acceptors (Lipinski definition) is 4. The molecule has 114 valence electrons. The molecule has 1 aliphatic rings. The molecule has 1 unspecified atom stereocenters. The summed E-state index contributed by atoms with van der Waals surface area (Å²) >= 11 is 0. The molecule has 1 aromatic carbocycles. The Morgan fingerprint density at radius 2 is 2.29 bits per heavy atom. The van der Waals surface area contributed by atoms with Gasteiger partial charge in [-0.3, -0.25) is 0 Å². The third kappa shape index (κ3) is 3.60. The van der Waals surface area contributed by atoms with Crippen molar-refractivity contribution in [3.8, 4) is 11.8 Å². The van der Waals surface area contributed by atoms with Crippen molar-refractivity contribution in [3.63, 3.8) is 0 Å². The van der Waals surface area contributed by atoms with Crippen molar-refractivity contribution in [1.82, 2.24) is 4.31 Å². The van der Waals surface area contributed by atoms with E-state index in [9.17, 15) is 12.8 Å². The van der Waals surface area contributed by atoms with E-state index in [0.717, 1.165) is 12.1 Å². The van der Waals surface area contributed by atoms with E-state index in [1.807, 2.05) is 6.92 Å². The van der Waals surface area contributed by atoms with E-state index in [4.69, 9.17) is 10.5 Å². The summed E-state index contributed by atoms with van der Waals surface area (Å²) in [5.41, 5.74) is 5.42. The first-order valence-corrected chi connectivity index (χ1v) is 7.99. The van der Waals surface area contributed by atoms with Crippen LogP contribution in [0, 0.1) is 17.7 Å². The fourth-order valence-electron chi connectivity index (χ4n) is 2.11. The molecule has 0 aromatic heterocycles. The average molecular weight is 312 g/mol. The van der Waals surface area contributed by atoms with E-state index in [2.05, 4.69) is 11.8 Å². The van der Waals surface area contributed by atoms with Gasteiger partial charge in [0.25, 0.3) is 0 Å². The molecule has 21 heavy (non-hydrogen) atoms. The van der Waals surface area contributed by atoms with Gasteiger partial charge in [-0.1, -0.05) is 11.8 Å². The minimum Gasteiger partial charge on any atom is -0.376 e. The molecular weight excluding hydrogens is 295 g/mol. The van der Waals surface area contributed by atoms with Crippen molar-refractivity contribution < 1.29 is 17.5 Å². The van der Waals surface area contributed by atoms with Gasteiger partial charge in [0.2, 0.25) is 10.0 Å². The largest absolute Gasteiger partial charge is 0.376 e. The zero-order valence-corrected chi connectivity index (χ0v) is 12.5. The lowest BCUT2D eigenvalue weighted by Crippen LogP contribution is -2.44. The number of ether oxygens (including phenoxy) is 1. The Bertz CT molecular complexity index is 679. The van der Waals surface area contributed by atoms with Crippen molar-refractivity contribution >= 4 is 10.0 Å². The number of morpholine rings is 1. The van der Waals surface area contributed by atoms with Gasteiger partial charge in [0.05, 0.1) is 24.2 Å². The molecule has 1 aromatic rings. The highest BCUT2D eigenvalue weighted by Crippen LogP contribution is 2.22. The third-order valence-electron chi connectivity index (χ3n) is 3.09. The standard InChI is InChI=1S/C14H17FN2O3S/c1-11-10-17(7-8-20-11)21(18,19)14-5-4-13(15)9-12(14)3-2-6-16/h4-5,9,11H,6-8,10,16H2,1H3. The molecule has 2 rings (SSSR count). The molecule has 0 bridgehead atoms. The van der Waals surface area contributed by atoms with Gasteiger partial charge in [-0.05, 0) is 25.1 Å². The lowest BCUT2D eigenvalue weighted by Gasteiger charge is -2.30. The van der Waals surface area contributed by atoms with Crippen LogP contribution >= 0.6 is 0 Å². The van der Waals surface area contributed by atoms with Crippen molar-refractivity contribution in [3.05, 3.63) is 29.6 Å². The molecule has 1 heterocycles. The number of hydrogen-bond donors (Lipinski definition) is 1. The molecule has 1 fully saturated rings. The number of nitrogens with zero attached hydrogens (tertiary/aromatic N) is 1. The summed E-state index contributed by atoms with van der Waals surface area (Å²) < 4.78 is 45.4. The Morgan fingerprint density at radius 3 is 2.95 bits per heavy atom. The van der Waals surface area contributed by atoms with E-state index in [1.165, 1.54) is 10.4 Å². The molecule has 0 aliphatic carbocycles. The van der Waals surface area contributed by atoms with Gasteiger partial charge in [-0.15, -0.1) is 0 Å². The van der Waals surface area contributed by atoms with Crippen LogP contribution in [0.3, 0.4) is 0 Å². The summed E-state index contributed by atoms with van der Waals surface area (Å²) in [6.45, 7) is 2.76. The predicted octanol–water partition coefficient (Wildman–Crippen LogP) is 0.545. The van der Waals surface area contributed by atoms with Crippen LogP contribution in [-0.2, 0) is 14.8 Å². The zero-order valence-electron chi connectivity index (χ0n) is 11.7. The Hall–Kier alpha value is -1.46. The first-order valence-electron chi connectivity index (χ1n) is 6.55. The van der Waals surface area contributed by atoms with Gasteiger partial charge >= 0.3 is 0 Å². The lowest BCUT2D eigenvalue weighted by atomic mass is 10.2. The van der Waals surface area contributed by atoms with Crippen molar-refractivity contribution in [1.29, 1.82) is 0 Å². The molecule has 7 heteroatoms. The molecule has 0 saturated carbocycles. The number of benzene rings is 1. The van der Waals surface area contributed by atoms with E-state index in [1.54, 1.807) is 0 Å². The second-order valence-corrected chi connectivity index (χ2v) is 6.60. The van der Waals surface area contributed by atoms with E-state index >= 15 is 0 Å². The van der Waals surface area contributed by atoms with E-state index in [0.29, 0.717) is 6.61 Å². The van der Waals surface area contributed by atoms with Crippen LogP contribution in [0.15, 0.2) is 23.1 Å². The fourth-order valence-corrected chi connectivity index (χ4v) is 3.74. The molecule has 0 amide bonds. The molecule has 0 spiro atoms. The zero-order chi connectivity index (χ0) is 15.5. The predicted molar refractivity (Wildman–Crippen MR) is 76.5 cm³/mol. The Kier molecular flexibility index (Phi) is 4.96. The fraction of sp³-hybridized carbons (Fsp3) is 0.429. The van der Waals surface area contributed by atoms with Gasteiger partial charge < -0.3 is 10.5 Å². The monoisotopic (exact) mass is 312 g/mol. The van der Waals surface area contributed by atoms with Crippen LogP contribution in [0.1, 0.15) is 12.5 Å². The normalized spacial score (nSPS) is 19.9. The lowest BCUT2D eigenvalue weighted by molar-refractivity contribution is 0.0102. The SMILES string of the molecule is CC1CN(S(=O)(=O)c2ccc(F)cc2C#CCN)CCO1. The van der Waals surface area contributed by atoms with Crippen LogP contribution in [0.2, 0.25) is 0 Å². The van der Waals surface area contributed by atoms with Gasteiger partial charge in [0, 0.05) is 18.7 Å². The summed E-state index contributed by atoms with van der Waals surface area (Å²) in [5.74, 6) is 4.64. The van der Waals surface area contributed by atoms with Crippen LogP contribution in [0.25, 0.3) is 0 Å². The topological polar surface area (TPSA) is 72.6 Å². The van der Waals surface area contributed by atoms with Gasteiger partial charge in [-0.2, -0.15) is 4.31 Å². The number of sulfonamides is 1. The quantitative estimate of drug-likeness (QED) is 0.809. The minimum atomic E-state index is -3.73. The maximum absolute atomic E-state index is 13.3. The maximum atomic E-state index is 13.3. The minimum absolute atomic E-state index is 0.000972. The van der Waals surface area contributed by atoms with Crippen molar-refractivity contribution in [2.45, 2.75) is 17.9 Å². The second-order valence-electron chi connectivity index (χ2n) is 4.69. The number of halogens is 1. The summed E-state index contributed by atoms with van der Waals surface area (Å²) in [6.07, 6.45) is -0.174. The van der Waals surface area contributed by atoms with Crippen LogP contribution < -0.4 is 5.73 Å². The van der Waals surface area contributed by atoms with E-state index in [-0.39, 0.29) is 36.2 Å². The smallest absolute Gasteiger partial charge is 0.244 e. The van der Waals surface area contributed by atoms with Gasteiger partial charge in [0.15, 0.2) is 0 Å². The number of rotatable bonds is 2.